The van der Waals surface area contributed by atoms with Crippen LogP contribution in [0.1, 0.15) is 105 Å². The van der Waals surface area contributed by atoms with E-state index < -0.39 is 123 Å². The van der Waals surface area contributed by atoms with Crippen molar-refractivity contribution in [2.45, 2.75) is 159 Å². The lowest BCUT2D eigenvalue weighted by molar-refractivity contribution is -0.234. The number of rotatable bonds is 61. The molecule has 1 saturated heterocycles. The molecule has 0 saturated carbocycles. The van der Waals surface area contributed by atoms with E-state index in [0.29, 0.717) is 215 Å². The van der Waals surface area contributed by atoms with Gasteiger partial charge in [-0.05, 0) is 98.2 Å². The number of fused-ring (bicyclic) bond motifs is 5. The summed E-state index contributed by atoms with van der Waals surface area (Å²) in [6, 6.07) is 4.61. The molecule has 0 spiro atoms. The Kier molecular flexibility index (Phi) is 43.1. The highest BCUT2D eigenvalue weighted by molar-refractivity contribution is 8.16. The molecule has 9 atom stereocenters. The van der Waals surface area contributed by atoms with Crippen LogP contribution >= 0.6 is 0 Å². The Bertz CT molecular complexity index is 4170. The number of aromatic nitrogens is 2. The first-order chi connectivity index (χ1) is 59.3. The van der Waals surface area contributed by atoms with Crippen molar-refractivity contribution in [1.29, 1.82) is 0 Å². The van der Waals surface area contributed by atoms with Crippen LogP contribution in [0, 0.1) is 18.7 Å². The molecule has 1 fully saturated rings. The van der Waals surface area contributed by atoms with E-state index in [1.807, 2.05) is 0 Å². The van der Waals surface area contributed by atoms with Crippen LogP contribution in [0.4, 0.5) is 24.5 Å². The molecule has 15 N–H and O–H groups in total. The van der Waals surface area contributed by atoms with Crippen molar-refractivity contribution in [1.82, 2.24) is 41.5 Å². The molecule has 5 heterocycles. The second-order valence-corrected chi connectivity index (χ2v) is 32.6. The third-order valence-corrected chi connectivity index (χ3v) is 23.3. The zero-order chi connectivity index (χ0) is 88.6. The first kappa shape index (κ1) is 99.9. The Morgan fingerprint density at radius 1 is 0.650 bits per heavy atom. The third kappa shape index (κ3) is 31.3. The van der Waals surface area contributed by atoms with Gasteiger partial charge in [0.1, 0.15) is 55.7 Å². The fourth-order valence-corrected chi connectivity index (χ4v) is 15.8. The lowest BCUT2D eigenvalue weighted by Gasteiger charge is -2.39. The average Bonchev–Trinajstić information content (AvgIpc) is 1.57. The number of nitrogens with two attached hydrogens (primary N) is 2. The number of anilines is 1. The van der Waals surface area contributed by atoms with Gasteiger partial charge in [0.2, 0.25) is 23.6 Å². The molecule has 0 bridgehead atoms. The number of cyclic esters (lactones) is 1. The van der Waals surface area contributed by atoms with Gasteiger partial charge in [0.25, 0.3) is 5.56 Å². The zero-order valence-corrected chi connectivity index (χ0v) is 71.1. The predicted molar refractivity (Wildman–Crippen MR) is 440 cm³/mol. The van der Waals surface area contributed by atoms with Crippen LogP contribution in [0.3, 0.4) is 0 Å². The van der Waals surface area contributed by atoms with E-state index in [-0.39, 0.29) is 107 Å². The molecule has 2 aromatic heterocycles. The number of aliphatic hydroxyl groups is 3. The quantitative estimate of drug-likeness (QED) is 0.0143. The number of thiol groups is 1. The summed E-state index contributed by atoms with van der Waals surface area (Å²) in [5.41, 5.74) is 15.4. The lowest BCUT2D eigenvalue weighted by Crippen LogP contribution is -2.63. The van der Waals surface area contributed by atoms with Crippen LogP contribution in [0.2, 0.25) is 0 Å². The number of primary amides is 1. The number of ether oxygens (including phenoxy) is 15. The summed E-state index contributed by atoms with van der Waals surface area (Å²) in [5.74, 6) is -4.48. The number of amides is 7. The average molecular weight is 1760 g/mol. The fourth-order valence-electron chi connectivity index (χ4n) is 13.8. The molecule has 123 heavy (non-hydrogen) atoms. The number of carbonyl (C=O) groups is 8. The van der Waals surface area contributed by atoms with Crippen LogP contribution in [0.25, 0.3) is 22.3 Å². The number of carboxylic acids is 1. The van der Waals surface area contributed by atoms with E-state index in [1.54, 1.807) is 58.0 Å². The molecule has 688 valence electrons. The number of carboxylic acid groups (broad SMARTS) is 1. The van der Waals surface area contributed by atoms with Gasteiger partial charge in [0.05, 0.1) is 200 Å². The minimum Gasteiger partial charge on any atom is -0.479 e. The predicted octanol–water partition coefficient (Wildman–Crippen LogP) is 0.530. The number of hydrogen-bond donors (Lipinski definition) is 14. The highest BCUT2D eigenvalue weighted by Gasteiger charge is 2.47. The van der Waals surface area contributed by atoms with Crippen LogP contribution in [-0.4, -0.2) is 314 Å². The van der Waals surface area contributed by atoms with Gasteiger partial charge < -0.3 is 139 Å². The summed E-state index contributed by atoms with van der Waals surface area (Å²) in [4.78, 5) is 122. The molecular weight excluding hydrogens is 1640 g/mol. The van der Waals surface area contributed by atoms with Crippen LogP contribution < -0.4 is 54.2 Å². The SMILES string of the molecule is CC[SH]1(=O)C(=O)OCc2c1cc1n(c2=O)Cc2c-1nc1cc(F)c(C)c3c1c2[C@@H](NC(=O)OCc1ccc(NC(=O)[C@H](CCCNC(N)=O)NC(=O)[C@@H](NC(=O)[C@@H](N)CCCCNC(=O)CCOCCOCCOCCOCCOCCOCCOCCOCCOCCOCCOCCOCCNC2O[C@H](C(=O)O)[C@@H](O)[C@H](O)[C@H]2O)C(C)C)cc1)CC3. The zero-order valence-electron chi connectivity index (χ0n) is 70.2. The first-order valence-electron chi connectivity index (χ1n) is 41.6. The monoisotopic (exact) mass is 1760 g/mol. The van der Waals surface area contributed by atoms with Crippen molar-refractivity contribution in [2.24, 2.45) is 17.4 Å². The van der Waals surface area contributed by atoms with Gasteiger partial charge in [0, 0.05) is 69.3 Å². The van der Waals surface area contributed by atoms with Crippen molar-refractivity contribution < 1.29 is 138 Å². The molecule has 40 nitrogen and oxygen atoms in total. The van der Waals surface area contributed by atoms with E-state index in [0.717, 1.165) is 5.56 Å². The van der Waals surface area contributed by atoms with E-state index in [1.165, 1.54) is 10.6 Å². The molecule has 4 aromatic rings. The smallest absolute Gasteiger partial charge is 0.407 e. The second kappa shape index (κ2) is 53.1. The summed E-state index contributed by atoms with van der Waals surface area (Å²) < 4.78 is 113. The standard InChI is InChI=1S/C81H122FN11O29S/c1-5-123(107)63-46-62-68-55(47-93(62)77(101)56(63)49-121-81(123)106)66-59(16-15-54-51(4)57(82)45-61(89-68)65(54)66)91-80(105)120-48-52-11-13-53(14-12-52)88-74(99)60(10-8-19-87-79(84)104)90-75(100)67(50(2)3)92-73(98)58(83)9-6-7-18-85-64(94)17-21-108-23-25-110-27-29-112-31-33-114-35-37-116-39-41-118-43-44-119-42-40-117-38-36-115-34-32-113-30-28-111-26-24-109-22-20-86-76-71(97)69(95)70(96)72(122-76)78(102)103/h11-14,45-46,50,58-60,67,69-72,76,86,95-97,123H,5-10,15-44,47-49,83H2,1-4H3,(H,85,94)(H,88,99)(H,90,100)(H,91,105)(H,92,98)(H,102,103)(H3,84,87,104)/t58-,59-,60-,67-,69-,70-,71+,72-,76?/m0/s1. The normalized spacial score (nSPS) is 18.5. The van der Waals surface area contributed by atoms with E-state index in [9.17, 15) is 62.7 Å². The van der Waals surface area contributed by atoms with Crippen molar-refractivity contribution in [3.63, 3.8) is 0 Å². The van der Waals surface area contributed by atoms with Crippen molar-refractivity contribution in [3.8, 4) is 11.4 Å². The summed E-state index contributed by atoms with van der Waals surface area (Å²) in [7, 11) is -3.76. The number of aryl methyl sites for hydroxylation is 1. The highest BCUT2D eigenvalue weighted by atomic mass is 32.2. The maximum atomic E-state index is 15.5. The van der Waals surface area contributed by atoms with Crippen molar-refractivity contribution >= 4 is 73.5 Å². The molecule has 3 aliphatic heterocycles. The maximum Gasteiger partial charge on any atom is 0.407 e. The highest BCUT2D eigenvalue weighted by Crippen LogP contribution is 2.46. The van der Waals surface area contributed by atoms with Gasteiger partial charge >= 0.3 is 23.4 Å². The number of nitrogens with one attached hydrogen (secondary N) is 7. The number of hydrogen-bond acceptors (Lipinski definition) is 31. The molecule has 1 aliphatic carbocycles. The fraction of sp³-hybridized carbons (Fsp3) is 0.654. The van der Waals surface area contributed by atoms with Gasteiger partial charge in [-0.2, -0.15) is 0 Å². The lowest BCUT2D eigenvalue weighted by atomic mass is 9.82. The summed E-state index contributed by atoms with van der Waals surface area (Å²) in [5, 5.41) is 57.8. The summed E-state index contributed by atoms with van der Waals surface area (Å²) >= 11 is 0. The second-order valence-electron chi connectivity index (χ2n) is 29.6. The number of aliphatic hydroxyl groups excluding tert-OH is 3. The van der Waals surface area contributed by atoms with Gasteiger partial charge in [0.15, 0.2) is 6.10 Å². The van der Waals surface area contributed by atoms with E-state index >= 15 is 4.39 Å². The number of unbranched alkanes of at least 4 members (excludes halogenated alkanes) is 1. The Balaban J connectivity index is 0.587. The molecular formula is C81H122FN11O29S. The number of halogens is 1. The molecule has 1 unspecified atom stereocenters. The minimum absolute atomic E-state index is 0.0393. The summed E-state index contributed by atoms with van der Waals surface area (Å²) in [6.45, 7) is 15.6. The minimum atomic E-state index is -3.76. The summed E-state index contributed by atoms with van der Waals surface area (Å²) in [6.07, 6.45) is -6.14. The Hall–Kier alpha value is -8.48. The third-order valence-electron chi connectivity index (χ3n) is 20.5. The molecule has 8 rings (SSSR count). The van der Waals surface area contributed by atoms with Gasteiger partial charge in [-0.1, -0.05) is 32.9 Å². The maximum absolute atomic E-state index is 15.5. The van der Waals surface area contributed by atoms with Crippen LogP contribution in [0.15, 0.2) is 46.1 Å². The Morgan fingerprint density at radius 3 is 1.73 bits per heavy atom. The number of carbonyl (C=O) groups excluding carboxylic acids is 7. The number of alkyl carbamates (subject to hydrolysis) is 1. The Labute approximate surface area is 712 Å². The number of urea groups is 1. The van der Waals surface area contributed by atoms with E-state index in [2.05, 4.69) is 37.2 Å². The number of aliphatic carboxylic acids is 1. The molecule has 2 aromatic carbocycles. The molecule has 4 aliphatic rings. The van der Waals surface area contributed by atoms with Crippen molar-refractivity contribution in [3.05, 3.63) is 85.9 Å². The largest absolute Gasteiger partial charge is 0.479 e. The number of nitrogens with zero attached hydrogens (tertiary/aromatic N) is 2. The molecule has 7 amide bonds. The van der Waals surface area contributed by atoms with Crippen LogP contribution in [-0.2, 0) is 131 Å². The number of benzene rings is 2. The van der Waals surface area contributed by atoms with E-state index in [4.69, 9.17) is 92.6 Å². The Morgan fingerprint density at radius 2 is 1.20 bits per heavy atom. The van der Waals surface area contributed by atoms with Crippen molar-refractivity contribution in [2.75, 3.05) is 189 Å². The van der Waals surface area contributed by atoms with Gasteiger partial charge in [-0.25, -0.2) is 28.6 Å². The van der Waals surface area contributed by atoms with Crippen LogP contribution in [0.5, 0.6) is 0 Å². The molecule has 0 radical (unpaired) electrons. The molecule has 42 heteroatoms. The topological polar surface area (TPSA) is 544 Å². The first-order valence-corrected chi connectivity index (χ1v) is 43.5. The number of pyridine rings is 2. The van der Waals surface area contributed by atoms with Gasteiger partial charge in [-0.3, -0.25) is 33.5 Å². The van der Waals surface area contributed by atoms with Gasteiger partial charge in [-0.15, -0.1) is 0 Å².